The predicted octanol–water partition coefficient (Wildman–Crippen LogP) is 3.81. The Morgan fingerprint density at radius 1 is 1.03 bits per heavy atom. The summed E-state index contributed by atoms with van der Waals surface area (Å²) in [5.74, 6) is 0.906. The molecular formula is C28H37N3O3. The number of likely N-dealkylation sites (N-methyl/N-ethyl adjacent to an activating group) is 1. The van der Waals surface area contributed by atoms with Gasteiger partial charge < -0.3 is 19.4 Å². The third-order valence-electron chi connectivity index (χ3n) is 7.07. The Morgan fingerprint density at radius 3 is 2.47 bits per heavy atom. The Balaban J connectivity index is 1.63. The molecule has 2 atom stereocenters. The minimum Gasteiger partial charge on any atom is -0.481 e. The molecule has 6 heteroatoms. The van der Waals surface area contributed by atoms with Gasteiger partial charge in [-0.05, 0) is 55.6 Å². The van der Waals surface area contributed by atoms with Crippen LogP contribution in [0.1, 0.15) is 55.0 Å². The molecule has 0 bridgehead atoms. The Bertz CT molecular complexity index is 1030. The number of fused-ring (bicyclic) bond motifs is 1. The number of aryl methyl sites for hydroxylation is 1. The van der Waals surface area contributed by atoms with Crippen molar-refractivity contribution < 1.29 is 14.3 Å². The normalized spacial score (nSPS) is 19.5. The molecule has 2 aliphatic heterocycles. The molecule has 6 nitrogen and oxygen atoms in total. The van der Waals surface area contributed by atoms with Crippen molar-refractivity contribution in [2.24, 2.45) is 0 Å². The largest absolute Gasteiger partial charge is 0.481 e. The molecule has 2 aromatic carbocycles. The number of amides is 2. The zero-order valence-electron chi connectivity index (χ0n) is 20.9. The number of hydrogen-bond acceptors (Lipinski definition) is 4. The van der Waals surface area contributed by atoms with Crippen LogP contribution in [0, 0.1) is 6.92 Å². The van der Waals surface area contributed by atoms with Crippen molar-refractivity contribution in [1.82, 2.24) is 14.7 Å². The average Bonchev–Trinajstić information content (AvgIpc) is 2.86. The summed E-state index contributed by atoms with van der Waals surface area (Å²) in [6, 6.07) is 14.4. The highest BCUT2D eigenvalue weighted by atomic mass is 16.5. The molecule has 1 saturated heterocycles. The molecule has 0 saturated carbocycles. The van der Waals surface area contributed by atoms with Gasteiger partial charge in [-0.15, -0.1) is 0 Å². The lowest BCUT2D eigenvalue weighted by Crippen LogP contribution is -2.51. The molecule has 2 amide bonds. The number of ether oxygens (including phenoxy) is 1. The summed E-state index contributed by atoms with van der Waals surface area (Å²) in [5.41, 5.74) is 4.61. The number of benzene rings is 2. The van der Waals surface area contributed by atoms with E-state index in [4.69, 9.17) is 4.74 Å². The van der Waals surface area contributed by atoms with Gasteiger partial charge >= 0.3 is 0 Å². The summed E-state index contributed by atoms with van der Waals surface area (Å²) in [4.78, 5) is 32.2. The van der Waals surface area contributed by atoms with E-state index in [1.54, 1.807) is 0 Å². The standard InChI is InChI=1S/C28H37N3O3/c1-5-25(28(33)30-16-14-29(4)15-17-30)34-23-11-10-21-12-13-31(26(32)6-2)27(24(21)19-23)22-9-7-8-20(3)18-22/h7-11,18-19,25,27H,5-6,12-17H2,1-4H3. The van der Waals surface area contributed by atoms with Gasteiger partial charge in [0.05, 0.1) is 6.04 Å². The first-order valence-corrected chi connectivity index (χ1v) is 12.5. The van der Waals surface area contributed by atoms with E-state index < -0.39 is 6.10 Å². The van der Waals surface area contributed by atoms with E-state index >= 15 is 0 Å². The topological polar surface area (TPSA) is 53.1 Å². The molecule has 182 valence electrons. The van der Waals surface area contributed by atoms with Crippen LogP contribution in [0.15, 0.2) is 42.5 Å². The second kappa shape index (κ2) is 10.6. The molecule has 2 unspecified atom stereocenters. The van der Waals surface area contributed by atoms with Gasteiger partial charge in [0.25, 0.3) is 5.91 Å². The molecule has 1 fully saturated rings. The Kier molecular flexibility index (Phi) is 7.57. The van der Waals surface area contributed by atoms with Crippen molar-refractivity contribution in [1.29, 1.82) is 0 Å². The highest BCUT2D eigenvalue weighted by Gasteiger charge is 2.33. The van der Waals surface area contributed by atoms with Gasteiger partial charge in [0.1, 0.15) is 5.75 Å². The minimum atomic E-state index is -0.504. The molecule has 0 aliphatic carbocycles. The number of carbonyl (C=O) groups excluding carboxylic acids is 2. The van der Waals surface area contributed by atoms with Gasteiger partial charge in [-0.25, -0.2) is 0 Å². The third-order valence-corrected chi connectivity index (χ3v) is 7.07. The number of rotatable bonds is 6. The van der Waals surface area contributed by atoms with Gasteiger partial charge in [-0.1, -0.05) is 49.7 Å². The quantitative estimate of drug-likeness (QED) is 0.654. The van der Waals surface area contributed by atoms with Crippen LogP contribution in [-0.4, -0.2) is 72.4 Å². The zero-order chi connectivity index (χ0) is 24.2. The molecule has 2 aromatic rings. The third kappa shape index (κ3) is 5.12. The van der Waals surface area contributed by atoms with Crippen molar-refractivity contribution in [3.8, 4) is 5.75 Å². The summed E-state index contributed by atoms with van der Waals surface area (Å²) in [7, 11) is 2.08. The lowest BCUT2D eigenvalue weighted by molar-refractivity contribution is -0.140. The molecule has 2 aliphatic rings. The molecular weight excluding hydrogens is 426 g/mol. The maximum absolute atomic E-state index is 13.2. The summed E-state index contributed by atoms with van der Waals surface area (Å²) in [5, 5.41) is 0. The van der Waals surface area contributed by atoms with E-state index in [9.17, 15) is 9.59 Å². The van der Waals surface area contributed by atoms with E-state index in [0.29, 0.717) is 25.1 Å². The number of carbonyl (C=O) groups is 2. The maximum atomic E-state index is 13.2. The fraction of sp³-hybridized carbons (Fsp3) is 0.500. The van der Waals surface area contributed by atoms with Crippen molar-refractivity contribution in [2.45, 2.75) is 52.2 Å². The highest BCUT2D eigenvalue weighted by Crippen LogP contribution is 2.38. The minimum absolute atomic E-state index is 0.0614. The Labute approximate surface area is 203 Å². The van der Waals surface area contributed by atoms with Crippen molar-refractivity contribution in [3.63, 3.8) is 0 Å². The van der Waals surface area contributed by atoms with E-state index in [-0.39, 0.29) is 17.9 Å². The second-order valence-corrected chi connectivity index (χ2v) is 9.51. The molecule has 34 heavy (non-hydrogen) atoms. The van der Waals surface area contributed by atoms with Crippen molar-refractivity contribution in [3.05, 3.63) is 64.7 Å². The first kappa shape index (κ1) is 24.3. The number of piperazine rings is 1. The fourth-order valence-electron chi connectivity index (χ4n) is 5.04. The lowest BCUT2D eigenvalue weighted by atomic mass is 9.87. The summed E-state index contributed by atoms with van der Waals surface area (Å²) in [6.07, 6.45) is 1.41. The molecule has 4 rings (SSSR count). The van der Waals surface area contributed by atoms with E-state index in [1.807, 2.05) is 29.7 Å². The summed E-state index contributed by atoms with van der Waals surface area (Å²) < 4.78 is 6.29. The van der Waals surface area contributed by atoms with Gasteiger partial charge in [0.15, 0.2) is 6.10 Å². The van der Waals surface area contributed by atoms with Crippen LogP contribution in [0.4, 0.5) is 0 Å². The lowest BCUT2D eigenvalue weighted by Gasteiger charge is -2.38. The predicted molar refractivity (Wildman–Crippen MR) is 134 cm³/mol. The number of hydrogen-bond donors (Lipinski definition) is 0. The van der Waals surface area contributed by atoms with Gasteiger partial charge in [-0.2, -0.15) is 0 Å². The Hall–Kier alpha value is -2.86. The van der Waals surface area contributed by atoms with Gasteiger partial charge in [0.2, 0.25) is 5.91 Å². The SMILES string of the molecule is CCC(=O)N1CCc2ccc(OC(CC)C(=O)N3CCN(C)CC3)cc2C1c1cccc(C)c1. The van der Waals surface area contributed by atoms with Gasteiger partial charge in [-0.3, -0.25) is 9.59 Å². The van der Waals surface area contributed by atoms with Crippen LogP contribution < -0.4 is 4.74 Å². The average molecular weight is 464 g/mol. The summed E-state index contributed by atoms with van der Waals surface area (Å²) in [6.45, 7) is 9.95. The molecule has 0 spiro atoms. The Morgan fingerprint density at radius 2 is 1.79 bits per heavy atom. The van der Waals surface area contributed by atoms with Crippen LogP contribution in [0.3, 0.4) is 0 Å². The monoisotopic (exact) mass is 463 g/mol. The highest BCUT2D eigenvalue weighted by molar-refractivity contribution is 5.81. The molecule has 0 aromatic heterocycles. The summed E-state index contributed by atoms with van der Waals surface area (Å²) >= 11 is 0. The maximum Gasteiger partial charge on any atom is 0.263 e. The van der Waals surface area contributed by atoms with Crippen molar-refractivity contribution >= 4 is 11.8 Å². The molecule has 0 radical (unpaired) electrons. The molecule has 2 heterocycles. The zero-order valence-corrected chi connectivity index (χ0v) is 20.9. The first-order chi connectivity index (χ1) is 16.4. The van der Waals surface area contributed by atoms with E-state index in [2.05, 4.69) is 55.3 Å². The fourth-order valence-corrected chi connectivity index (χ4v) is 5.04. The smallest absolute Gasteiger partial charge is 0.263 e. The molecule has 0 N–H and O–H groups in total. The van der Waals surface area contributed by atoms with Crippen LogP contribution in [0.5, 0.6) is 5.75 Å². The van der Waals surface area contributed by atoms with E-state index in [0.717, 1.165) is 43.7 Å². The van der Waals surface area contributed by atoms with E-state index in [1.165, 1.54) is 11.1 Å². The van der Waals surface area contributed by atoms with Crippen LogP contribution in [0.25, 0.3) is 0 Å². The number of nitrogens with zero attached hydrogens (tertiary/aromatic N) is 3. The van der Waals surface area contributed by atoms with Crippen LogP contribution in [0.2, 0.25) is 0 Å². The van der Waals surface area contributed by atoms with Crippen LogP contribution in [-0.2, 0) is 16.0 Å². The van der Waals surface area contributed by atoms with Crippen LogP contribution >= 0.6 is 0 Å². The van der Waals surface area contributed by atoms with Crippen molar-refractivity contribution in [2.75, 3.05) is 39.8 Å². The van der Waals surface area contributed by atoms with Gasteiger partial charge in [0, 0.05) is 39.1 Å². The second-order valence-electron chi connectivity index (χ2n) is 9.51. The first-order valence-electron chi connectivity index (χ1n) is 12.5.